The van der Waals surface area contributed by atoms with Crippen LogP contribution in [0, 0.1) is 13.8 Å². The van der Waals surface area contributed by atoms with E-state index < -0.39 is 0 Å². The maximum atomic E-state index is 12.8. The quantitative estimate of drug-likeness (QED) is 0.255. The highest BCUT2D eigenvalue weighted by molar-refractivity contribution is 7.99. The molecule has 3 heterocycles. The Labute approximate surface area is 226 Å². The first kappa shape index (κ1) is 25.0. The third-order valence-corrected chi connectivity index (χ3v) is 7.49. The number of nitrogens with zero attached hydrogens (tertiary/aromatic N) is 2. The maximum Gasteiger partial charge on any atom is 0.226 e. The molecule has 1 saturated heterocycles. The zero-order valence-electron chi connectivity index (χ0n) is 20.7. The number of nitrogens with one attached hydrogen (secondary N) is 2. The van der Waals surface area contributed by atoms with Crippen LogP contribution in [0.3, 0.4) is 0 Å². The highest BCUT2D eigenvalue weighted by Crippen LogP contribution is 2.41. The second kappa shape index (κ2) is 11.2. The second-order valence-corrected chi connectivity index (χ2v) is 10.5. The molecule has 2 N–H and O–H groups in total. The van der Waals surface area contributed by atoms with Crippen molar-refractivity contribution in [2.75, 3.05) is 11.9 Å². The van der Waals surface area contributed by atoms with Crippen LogP contribution in [-0.4, -0.2) is 27.4 Å². The van der Waals surface area contributed by atoms with Gasteiger partial charge < -0.3 is 20.0 Å². The highest BCUT2D eigenvalue weighted by atomic mass is 32.2. The number of benzene rings is 2. The lowest BCUT2D eigenvalue weighted by molar-refractivity contribution is -0.116. The van der Waals surface area contributed by atoms with E-state index in [9.17, 15) is 4.79 Å². The van der Waals surface area contributed by atoms with Crippen molar-refractivity contribution in [3.8, 4) is 0 Å². The number of hydrogen-bond acceptors (Lipinski definition) is 5. The van der Waals surface area contributed by atoms with Gasteiger partial charge in [0, 0.05) is 29.7 Å². The van der Waals surface area contributed by atoms with Gasteiger partial charge in [-0.3, -0.25) is 9.78 Å². The van der Waals surface area contributed by atoms with E-state index in [1.165, 1.54) is 5.56 Å². The van der Waals surface area contributed by atoms with Crippen molar-refractivity contribution in [2.24, 2.45) is 0 Å². The van der Waals surface area contributed by atoms with Gasteiger partial charge in [-0.25, -0.2) is 0 Å². The first-order chi connectivity index (χ1) is 18.0. The molecule has 1 fully saturated rings. The van der Waals surface area contributed by atoms with Gasteiger partial charge in [-0.15, -0.1) is 0 Å². The molecule has 2 unspecified atom stereocenters. The molecule has 2 aromatic heterocycles. The summed E-state index contributed by atoms with van der Waals surface area (Å²) in [5.41, 5.74) is 3.97. The SMILES string of the molecule is Cc1ccc(Sc2ccc(C3C(c4ccccn4)NC(=S)N3CCC(=O)Nc3cccc(C)c3)o2)cc1. The molecule has 6 nitrogen and oxygen atoms in total. The summed E-state index contributed by atoms with van der Waals surface area (Å²) in [6.07, 6.45) is 2.06. The van der Waals surface area contributed by atoms with Crippen molar-refractivity contribution in [1.82, 2.24) is 15.2 Å². The molecule has 37 heavy (non-hydrogen) atoms. The number of furan rings is 1. The fraction of sp³-hybridized carbons (Fsp3) is 0.207. The van der Waals surface area contributed by atoms with Gasteiger partial charge in [0.2, 0.25) is 5.91 Å². The van der Waals surface area contributed by atoms with Crippen LogP contribution < -0.4 is 10.6 Å². The highest BCUT2D eigenvalue weighted by Gasteiger charge is 2.41. The predicted molar refractivity (Wildman–Crippen MR) is 151 cm³/mol. The van der Waals surface area contributed by atoms with Crippen molar-refractivity contribution in [3.63, 3.8) is 0 Å². The third kappa shape index (κ3) is 6.03. The largest absolute Gasteiger partial charge is 0.452 e. The van der Waals surface area contributed by atoms with Gasteiger partial charge in [0.05, 0.1) is 11.7 Å². The minimum absolute atomic E-state index is 0.0662. The first-order valence-electron chi connectivity index (χ1n) is 12.1. The normalized spacial score (nSPS) is 17.0. The fourth-order valence-corrected chi connectivity index (χ4v) is 5.50. The number of aromatic nitrogens is 1. The van der Waals surface area contributed by atoms with Gasteiger partial charge in [0.15, 0.2) is 10.2 Å². The van der Waals surface area contributed by atoms with Crippen LogP contribution in [0.25, 0.3) is 0 Å². The Morgan fingerprint density at radius 2 is 1.89 bits per heavy atom. The molecule has 0 saturated carbocycles. The van der Waals surface area contributed by atoms with Crippen LogP contribution in [0.5, 0.6) is 0 Å². The zero-order valence-corrected chi connectivity index (χ0v) is 22.3. The van der Waals surface area contributed by atoms with Crippen molar-refractivity contribution in [2.45, 2.75) is 42.3 Å². The summed E-state index contributed by atoms with van der Waals surface area (Å²) < 4.78 is 6.34. The molecule has 0 bridgehead atoms. The van der Waals surface area contributed by atoms with Gasteiger partial charge in [-0.1, -0.05) is 47.7 Å². The molecule has 0 radical (unpaired) electrons. The van der Waals surface area contributed by atoms with Gasteiger partial charge >= 0.3 is 0 Å². The first-order valence-corrected chi connectivity index (χ1v) is 13.4. The van der Waals surface area contributed by atoms with E-state index in [1.807, 2.05) is 66.4 Å². The van der Waals surface area contributed by atoms with Crippen molar-refractivity contribution in [1.29, 1.82) is 0 Å². The lowest BCUT2D eigenvalue weighted by atomic mass is 10.0. The molecule has 1 aliphatic rings. The average Bonchev–Trinajstić information content (AvgIpc) is 3.48. The predicted octanol–water partition coefficient (Wildman–Crippen LogP) is 6.44. The number of amides is 1. The number of aryl methyl sites for hydroxylation is 2. The number of rotatable bonds is 8. The minimum Gasteiger partial charge on any atom is -0.452 e. The maximum absolute atomic E-state index is 12.8. The summed E-state index contributed by atoms with van der Waals surface area (Å²) >= 11 is 7.30. The van der Waals surface area contributed by atoms with Gasteiger partial charge in [-0.2, -0.15) is 0 Å². The molecular weight excluding hydrogens is 500 g/mol. The topological polar surface area (TPSA) is 70.4 Å². The Hall–Kier alpha value is -3.62. The van der Waals surface area contributed by atoms with E-state index in [2.05, 4.69) is 46.8 Å². The molecule has 0 aliphatic carbocycles. The Kier molecular flexibility index (Phi) is 7.58. The number of carbonyl (C=O) groups is 1. The lowest BCUT2D eigenvalue weighted by Crippen LogP contribution is -2.32. The summed E-state index contributed by atoms with van der Waals surface area (Å²) in [6.45, 7) is 4.52. The lowest BCUT2D eigenvalue weighted by Gasteiger charge is -2.25. The number of carbonyl (C=O) groups excluding carboxylic acids is 1. The van der Waals surface area contributed by atoms with Crippen LogP contribution in [0.4, 0.5) is 5.69 Å². The van der Waals surface area contributed by atoms with E-state index in [4.69, 9.17) is 16.6 Å². The van der Waals surface area contributed by atoms with Crippen molar-refractivity contribution in [3.05, 3.63) is 108 Å². The molecular formula is C29H28N4O2S2. The molecule has 188 valence electrons. The molecule has 2 aromatic carbocycles. The number of anilines is 1. The van der Waals surface area contributed by atoms with Crippen LogP contribution in [0.1, 0.15) is 41.1 Å². The van der Waals surface area contributed by atoms with Crippen LogP contribution in [0.15, 0.2) is 99.5 Å². The Balaban J connectivity index is 1.35. The number of thiocarbonyl (C=S) groups is 1. The van der Waals surface area contributed by atoms with Gasteiger partial charge in [0.1, 0.15) is 11.8 Å². The van der Waals surface area contributed by atoms with Crippen LogP contribution in [0.2, 0.25) is 0 Å². The number of pyridine rings is 1. The standard InChI is InChI=1S/C29H28N4O2S2/c1-19-9-11-22(12-10-19)37-26-14-13-24(35-26)28-27(23-8-3-4-16-30-23)32-29(36)33(28)17-15-25(34)31-21-7-5-6-20(2)18-21/h3-14,16,18,27-28H,15,17H2,1-2H3,(H,31,34)(H,32,36). The average molecular weight is 529 g/mol. The van der Waals surface area contributed by atoms with E-state index in [-0.39, 0.29) is 24.4 Å². The van der Waals surface area contributed by atoms with E-state index in [1.54, 1.807) is 18.0 Å². The fourth-order valence-electron chi connectivity index (χ4n) is 4.39. The van der Waals surface area contributed by atoms with Crippen LogP contribution in [-0.2, 0) is 4.79 Å². The van der Waals surface area contributed by atoms with E-state index >= 15 is 0 Å². The molecule has 5 rings (SSSR count). The molecule has 1 aliphatic heterocycles. The zero-order chi connectivity index (χ0) is 25.8. The van der Waals surface area contributed by atoms with Crippen LogP contribution >= 0.6 is 24.0 Å². The van der Waals surface area contributed by atoms with Crippen molar-refractivity contribution >= 4 is 40.7 Å². The van der Waals surface area contributed by atoms with Gasteiger partial charge in [0.25, 0.3) is 0 Å². The molecule has 2 atom stereocenters. The summed E-state index contributed by atoms with van der Waals surface area (Å²) in [4.78, 5) is 20.5. The Morgan fingerprint density at radius 3 is 2.65 bits per heavy atom. The summed E-state index contributed by atoms with van der Waals surface area (Å²) in [7, 11) is 0. The third-order valence-electron chi connectivity index (χ3n) is 6.21. The monoisotopic (exact) mass is 528 g/mol. The summed E-state index contributed by atoms with van der Waals surface area (Å²) in [5, 5.41) is 7.77. The number of hydrogen-bond donors (Lipinski definition) is 2. The van der Waals surface area contributed by atoms with Gasteiger partial charge in [-0.05, 0) is 80.2 Å². The Morgan fingerprint density at radius 1 is 1.05 bits per heavy atom. The second-order valence-electron chi connectivity index (χ2n) is 9.06. The van der Waals surface area contributed by atoms with Crippen molar-refractivity contribution < 1.29 is 9.21 Å². The molecule has 8 heteroatoms. The summed E-state index contributed by atoms with van der Waals surface area (Å²) in [5.74, 6) is 0.709. The smallest absolute Gasteiger partial charge is 0.226 e. The Bertz CT molecular complexity index is 1390. The van der Waals surface area contributed by atoms with E-state index in [0.717, 1.165) is 32.7 Å². The van der Waals surface area contributed by atoms with E-state index in [0.29, 0.717) is 11.7 Å². The minimum atomic E-state index is -0.235. The molecule has 0 spiro atoms. The summed E-state index contributed by atoms with van der Waals surface area (Å²) in [6, 6.07) is 25.5. The molecule has 4 aromatic rings. The molecule has 1 amide bonds.